The molecule has 2 N–H and O–H groups in total. The molecule has 0 unspecified atom stereocenters. The van der Waals surface area contributed by atoms with Crippen molar-refractivity contribution < 1.29 is 17.9 Å². The van der Waals surface area contributed by atoms with Crippen LogP contribution in [-0.4, -0.2) is 4.98 Å². The van der Waals surface area contributed by atoms with E-state index in [9.17, 15) is 13.2 Å². The maximum Gasteiger partial charge on any atom is 0.421 e. The van der Waals surface area contributed by atoms with Crippen LogP contribution in [-0.2, 0) is 12.7 Å². The molecule has 1 heterocycles. The summed E-state index contributed by atoms with van der Waals surface area (Å²) in [5.74, 6) is -0.274. The summed E-state index contributed by atoms with van der Waals surface area (Å²) >= 11 is 6.23. The number of halogens is 5. The van der Waals surface area contributed by atoms with Gasteiger partial charge in [-0.1, -0.05) is 15.9 Å². The molecular weight excluding hydrogens is 417 g/mol. The molecule has 1 aromatic carbocycles. The summed E-state index contributed by atoms with van der Waals surface area (Å²) in [4.78, 5) is 3.70. The van der Waals surface area contributed by atoms with Crippen LogP contribution >= 0.6 is 31.9 Å². The molecule has 1 aromatic heterocycles. The van der Waals surface area contributed by atoms with E-state index in [2.05, 4.69) is 36.8 Å². The van der Waals surface area contributed by atoms with Gasteiger partial charge in [-0.05, 0) is 40.2 Å². The van der Waals surface area contributed by atoms with Crippen LogP contribution in [0.25, 0.3) is 0 Å². The number of ether oxygens (including phenoxy) is 1. The summed E-state index contributed by atoms with van der Waals surface area (Å²) in [5, 5.41) is 0. The standard InChI is InChI=1S/C13H9Br2F3N2O/c14-8-1-2-11(7(3-8)5-19)21-12-10(13(16,17)18)4-9(15)6-20-12/h1-4,6H,5,19H2. The smallest absolute Gasteiger partial charge is 0.421 e. The average Bonchev–Trinajstić information content (AvgIpc) is 2.41. The molecule has 0 aliphatic carbocycles. The number of alkyl halides is 3. The highest BCUT2D eigenvalue weighted by molar-refractivity contribution is 9.10. The summed E-state index contributed by atoms with van der Waals surface area (Å²) in [6.45, 7) is 0.132. The van der Waals surface area contributed by atoms with Gasteiger partial charge in [-0.25, -0.2) is 4.98 Å². The number of hydrogen-bond donors (Lipinski definition) is 1. The molecule has 0 aliphatic rings. The van der Waals surface area contributed by atoms with Gasteiger partial charge in [-0.15, -0.1) is 0 Å². The van der Waals surface area contributed by atoms with E-state index >= 15 is 0 Å². The molecule has 0 amide bonds. The van der Waals surface area contributed by atoms with E-state index in [0.717, 1.165) is 10.5 Å². The Morgan fingerprint density at radius 3 is 2.48 bits per heavy atom. The van der Waals surface area contributed by atoms with Crippen LogP contribution in [0.4, 0.5) is 13.2 Å². The predicted octanol–water partition coefficient (Wildman–Crippen LogP) is 4.88. The zero-order valence-corrected chi connectivity index (χ0v) is 13.6. The van der Waals surface area contributed by atoms with Gasteiger partial charge in [0.15, 0.2) is 0 Å². The first-order valence-corrected chi connectivity index (χ1v) is 7.29. The van der Waals surface area contributed by atoms with Gasteiger partial charge in [-0.3, -0.25) is 0 Å². The second-order valence-electron chi connectivity index (χ2n) is 4.06. The van der Waals surface area contributed by atoms with Crippen LogP contribution in [0.1, 0.15) is 11.1 Å². The SMILES string of the molecule is NCc1cc(Br)ccc1Oc1ncc(Br)cc1C(F)(F)F. The minimum Gasteiger partial charge on any atom is -0.438 e. The molecule has 21 heavy (non-hydrogen) atoms. The molecule has 0 saturated carbocycles. The lowest BCUT2D eigenvalue weighted by molar-refractivity contribution is -0.138. The molecule has 112 valence electrons. The van der Waals surface area contributed by atoms with Crippen molar-refractivity contribution in [2.75, 3.05) is 0 Å². The molecule has 8 heteroatoms. The molecule has 3 nitrogen and oxygen atoms in total. The quantitative estimate of drug-likeness (QED) is 0.762. The lowest BCUT2D eigenvalue weighted by Gasteiger charge is -2.14. The van der Waals surface area contributed by atoms with Crippen molar-refractivity contribution >= 4 is 31.9 Å². The van der Waals surface area contributed by atoms with Crippen molar-refractivity contribution in [2.45, 2.75) is 12.7 Å². The van der Waals surface area contributed by atoms with Crippen LogP contribution in [0, 0.1) is 0 Å². The summed E-state index contributed by atoms with van der Waals surface area (Å²) < 4.78 is 45.3. The van der Waals surface area contributed by atoms with Gasteiger partial charge in [0.05, 0.1) is 0 Å². The number of rotatable bonds is 3. The molecule has 0 spiro atoms. The third-order valence-electron chi connectivity index (χ3n) is 2.57. The second kappa shape index (κ2) is 6.33. The monoisotopic (exact) mass is 424 g/mol. The van der Waals surface area contributed by atoms with E-state index < -0.39 is 17.6 Å². The van der Waals surface area contributed by atoms with Crippen LogP contribution in [0.2, 0.25) is 0 Å². The predicted molar refractivity (Wildman–Crippen MR) is 79.0 cm³/mol. The van der Waals surface area contributed by atoms with E-state index in [-0.39, 0.29) is 16.8 Å². The highest BCUT2D eigenvalue weighted by Gasteiger charge is 2.36. The molecule has 0 atom stereocenters. The van der Waals surface area contributed by atoms with Crippen molar-refractivity contribution in [1.82, 2.24) is 4.98 Å². The Kier molecular flexibility index (Phi) is 4.90. The van der Waals surface area contributed by atoms with Gasteiger partial charge in [0.2, 0.25) is 5.88 Å². The number of nitrogens with zero attached hydrogens (tertiary/aromatic N) is 1. The first-order valence-electron chi connectivity index (χ1n) is 5.70. The Morgan fingerprint density at radius 1 is 1.14 bits per heavy atom. The van der Waals surface area contributed by atoms with Gasteiger partial charge in [0, 0.05) is 27.3 Å². The summed E-state index contributed by atoms with van der Waals surface area (Å²) in [7, 11) is 0. The van der Waals surface area contributed by atoms with E-state index in [1.54, 1.807) is 12.1 Å². The molecule has 0 bridgehead atoms. The normalized spacial score (nSPS) is 11.5. The molecular formula is C13H9Br2F3N2O. The highest BCUT2D eigenvalue weighted by atomic mass is 79.9. The van der Waals surface area contributed by atoms with E-state index in [0.29, 0.717) is 5.56 Å². The summed E-state index contributed by atoms with van der Waals surface area (Å²) in [6, 6.07) is 5.79. The molecule has 2 aromatic rings. The maximum absolute atomic E-state index is 13.0. The van der Waals surface area contributed by atoms with Crippen molar-refractivity contribution in [3.05, 3.63) is 50.5 Å². The van der Waals surface area contributed by atoms with Crippen molar-refractivity contribution in [1.29, 1.82) is 0 Å². The van der Waals surface area contributed by atoms with Crippen molar-refractivity contribution in [3.63, 3.8) is 0 Å². The van der Waals surface area contributed by atoms with Crippen LogP contribution < -0.4 is 10.5 Å². The Morgan fingerprint density at radius 2 is 1.86 bits per heavy atom. The first kappa shape index (κ1) is 16.3. The van der Waals surface area contributed by atoms with E-state index in [4.69, 9.17) is 10.5 Å². The third kappa shape index (κ3) is 3.96. The number of hydrogen-bond acceptors (Lipinski definition) is 3. The van der Waals surface area contributed by atoms with Crippen molar-refractivity contribution in [3.8, 4) is 11.6 Å². The minimum atomic E-state index is -4.57. The average molecular weight is 426 g/mol. The van der Waals surface area contributed by atoms with Gasteiger partial charge in [0.25, 0.3) is 0 Å². The lowest BCUT2D eigenvalue weighted by Crippen LogP contribution is -2.09. The third-order valence-corrected chi connectivity index (χ3v) is 3.50. The van der Waals surface area contributed by atoms with Crippen LogP contribution in [0.3, 0.4) is 0 Å². The molecule has 0 radical (unpaired) electrons. The lowest BCUT2D eigenvalue weighted by atomic mass is 10.2. The first-order chi connectivity index (χ1) is 9.81. The number of pyridine rings is 1. The maximum atomic E-state index is 13.0. The number of aromatic nitrogens is 1. The van der Waals surface area contributed by atoms with Crippen LogP contribution in [0.15, 0.2) is 39.4 Å². The molecule has 0 fully saturated rings. The van der Waals surface area contributed by atoms with Gasteiger partial charge in [-0.2, -0.15) is 13.2 Å². The second-order valence-corrected chi connectivity index (χ2v) is 5.89. The summed E-state index contributed by atoms with van der Waals surface area (Å²) in [6.07, 6.45) is -3.32. The van der Waals surface area contributed by atoms with E-state index in [1.807, 2.05) is 0 Å². The Labute approximate surface area is 135 Å². The Hall–Kier alpha value is -1.12. The van der Waals surface area contributed by atoms with E-state index in [1.165, 1.54) is 12.3 Å². The largest absolute Gasteiger partial charge is 0.438 e. The van der Waals surface area contributed by atoms with Gasteiger partial charge < -0.3 is 10.5 Å². The van der Waals surface area contributed by atoms with Crippen molar-refractivity contribution in [2.24, 2.45) is 5.73 Å². The topological polar surface area (TPSA) is 48.1 Å². The Balaban J connectivity index is 2.45. The number of nitrogens with two attached hydrogens (primary N) is 1. The van der Waals surface area contributed by atoms with Crippen LogP contribution in [0.5, 0.6) is 11.6 Å². The fourth-order valence-corrected chi connectivity index (χ4v) is 2.36. The number of benzene rings is 1. The fraction of sp³-hybridized carbons (Fsp3) is 0.154. The summed E-state index contributed by atoms with van der Waals surface area (Å²) in [5.41, 5.74) is 5.19. The van der Waals surface area contributed by atoms with Gasteiger partial charge in [0.1, 0.15) is 11.3 Å². The molecule has 0 aliphatic heterocycles. The van der Waals surface area contributed by atoms with Gasteiger partial charge >= 0.3 is 6.18 Å². The zero-order valence-electron chi connectivity index (χ0n) is 10.4. The molecule has 2 rings (SSSR count). The molecule has 0 saturated heterocycles. The zero-order chi connectivity index (χ0) is 15.6. The Bertz CT molecular complexity index is 662. The minimum absolute atomic E-state index is 0.132. The highest BCUT2D eigenvalue weighted by Crippen LogP contribution is 2.39. The fourth-order valence-electron chi connectivity index (χ4n) is 1.62.